The second-order valence-corrected chi connectivity index (χ2v) is 7.12. The first-order valence-electron chi connectivity index (χ1n) is 7.50. The van der Waals surface area contributed by atoms with Gasteiger partial charge in [0.1, 0.15) is 10.7 Å². The topological polar surface area (TPSA) is 87.6 Å². The van der Waals surface area contributed by atoms with Gasteiger partial charge in [-0.25, -0.2) is 0 Å². The molecule has 7 heteroatoms. The van der Waals surface area contributed by atoms with Crippen LogP contribution in [-0.4, -0.2) is 20.2 Å². The molecule has 0 bridgehead atoms. The fourth-order valence-electron chi connectivity index (χ4n) is 2.45. The number of hydrogen-bond acceptors (Lipinski definition) is 4. The third kappa shape index (κ3) is 3.62. The number of benzene rings is 2. The number of rotatable bonds is 4. The highest BCUT2D eigenvalue weighted by Gasteiger charge is 2.24. The molecule has 2 N–H and O–H groups in total. The Morgan fingerprint density at radius 1 is 1.17 bits per heavy atom. The van der Waals surface area contributed by atoms with Crippen molar-refractivity contribution < 1.29 is 13.2 Å². The number of aryl methyl sites for hydroxylation is 1. The molecule has 124 valence electrons. The molecule has 0 unspecified atom stereocenters. The zero-order valence-electron chi connectivity index (χ0n) is 13.1. The number of nitrogens with one attached hydrogen (secondary N) is 2. The van der Waals surface area contributed by atoms with Crippen molar-refractivity contribution in [3.05, 3.63) is 54.1 Å². The number of sulfonamides is 1. The average molecular weight is 343 g/mol. The van der Waals surface area contributed by atoms with Gasteiger partial charge in [0.15, 0.2) is 0 Å². The zero-order valence-corrected chi connectivity index (χ0v) is 13.9. The van der Waals surface area contributed by atoms with E-state index in [1.54, 1.807) is 18.2 Å². The molecular weight excluding hydrogens is 326 g/mol. The van der Waals surface area contributed by atoms with Crippen LogP contribution in [0, 0.1) is 6.92 Å². The van der Waals surface area contributed by atoms with Crippen LogP contribution in [0.4, 0.5) is 11.4 Å². The smallest absolute Gasteiger partial charge is 0.286 e. The summed E-state index contributed by atoms with van der Waals surface area (Å²) < 4.78 is 28.0. The number of amides is 1. The van der Waals surface area contributed by atoms with Gasteiger partial charge in [-0.05, 0) is 36.8 Å². The van der Waals surface area contributed by atoms with E-state index in [1.165, 1.54) is 6.07 Å². The van der Waals surface area contributed by atoms with Crippen LogP contribution in [0.2, 0.25) is 0 Å². The van der Waals surface area contributed by atoms with Crippen LogP contribution in [0.3, 0.4) is 0 Å². The molecule has 0 spiro atoms. The molecule has 6 nitrogen and oxygen atoms in total. The number of hydrogen-bond donors (Lipinski definition) is 2. The van der Waals surface area contributed by atoms with Gasteiger partial charge in [0.25, 0.3) is 10.0 Å². The Kier molecular flexibility index (Phi) is 4.35. The Labute approximate surface area is 140 Å². The van der Waals surface area contributed by atoms with Crippen LogP contribution in [0.5, 0.6) is 0 Å². The third-order valence-electron chi connectivity index (χ3n) is 3.56. The van der Waals surface area contributed by atoms with Gasteiger partial charge in [-0.2, -0.15) is 8.42 Å². The summed E-state index contributed by atoms with van der Waals surface area (Å²) in [5.74, 6) is 0.0782. The largest absolute Gasteiger partial charge is 0.342 e. The Bertz CT molecular complexity index is 920. The highest BCUT2D eigenvalue weighted by atomic mass is 32.2. The minimum atomic E-state index is -3.71. The number of carbonyl (C=O) groups is 1. The van der Waals surface area contributed by atoms with Crippen molar-refractivity contribution in [2.75, 3.05) is 10.6 Å². The van der Waals surface area contributed by atoms with Crippen molar-refractivity contribution in [2.24, 2.45) is 4.40 Å². The highest BCUT2D eigenvalue weighted by Crippen LogP contribution is 2.27. The molecule has 1 heterocycles. The van der Waals surface area contributed by atoms with E-state index >= 15 is 0 Å². The van der Waals surface area contributed by atoms with Crippen molar-refractivity contribution in [1.29, 1.82) is 0 Å². The highest BCUT2D eigenvalue weighted by molar-refractivity contribution is 7.90. The molecule has 1 amide bonds. The first-order valence-corrected chi connectivity index (χ1v) is 8.94. The summed E-state index contributed by atoms with van der Waals surface area (Å²) >= 11 is 0. The lowest BCUT2D eigenvalue weighted by Crippen LogP contribution is -2.23. The van der Waals surface area contributed by atoms with Crippen LogP contribution in [-0.2, 0) is 14.8 Å². The zero-order chi connectivity index (χ0) is 17.2. The number of carbonyl (C=O) groups excluding carboxylic acids is 1. The van der Waals surface area contributed by atoms with Crippen molar-refractivity contribution in [1.82, 2.24) is 0 Å². The molecule has 1 aliphatic heterocycles. The number of nitrogens with zero attached hydrogens (tertiary/aromatic N) is 1. The summed E-state index contributed by atoms with van der Waals surface area (Å²) in [7, 11) is -3.71. The van der Waals surface area contributed by atoms with Gasteiger partial charge in [0, 0.05) is 18.5 Å². The summed E-state index contributed by atoms with van der Waals surface area (Å²) in [6, 6.07) is 14.1. The van der Waals surface area contributed by atoms with E-state index < -0.39 is 10.0 Å². The van der Waals surface area contributed by atoms with Crippen LogP contribution in [0.15, 0.2) is 57.8 Å². The molecule has 0 atom stereocenters. The SMILES string of the molecule is Cc1cccc(NC(=O)CCC2=NS(=O)(=O)c3ccccc3N2)c1. The average Bonchev–Trinajstić information content (AvgIpc) is 2.52. The predicted molar refractivity (Wildman–Crippen MR) is 93.7 cm³/mol. The van der Waals surface area contributed by atoms with Gasteiger partial charge in [0.05, 0.1) is 5.69 Å². The first kappa shape index (κ1) is 16.2. The molecular formula is C17H17N3O3S. The van der Waals surface area contributed by atoms with Gasteiger partial charge >= 0.3 is 0 Å². The molecule has 1 aliphatic rings. The quantitative estimate of drug-likeness (QED) is 0.893. The van der Waals surface area contributed by atoms with Crippen molar-refractivity contribution in [2.45, 2.75) is 24.7 Å². The van der Waals surface area contributed by atoms with E-state index in [0.717, 1.165) is 11.3 Å². The fraction of sp³-hybridized carbons (Fsp3) is 0.176. The second-order valence-electron chi connectivity index (χ2n) is 5.55. The second kappa shape index (κ2) is 6.45. The third-order valence-corrected chi connectivity index (χ3v) is 4.94. The lowest BCUT2D eigenvalue weighted by Gasteiger charge is -2.17. The van der Waals surface area contributed by atoms with Gasteiger partial charge in [-0.1, -0.05) is 24.3 Å². The molecule has 3 rings (SSSR count). The minimum absolute atomic E-state index is 0.136. The fourth-order valence-corrected chi connectivity index (χ4v) is 3.63. The van der Waals surface area contributed by atoms with Gasteiger partial charge in [-0.3, -0.25) is 4.79 Å². The van der Waals surface area contributed by atoms with E-state index in [9.17, 15) is 13.2 Å². The van der Waals surface area contributed by atoms with Crippen molar-refractivity contribution in [3.63, 3.8) is 0 Å². The molecule has 0 aliphatic carbocycles. The molecule has 2 aromatic rings. The summed E-state index contributed by atoms with van der Waals surface area (Å²) in [6.07, 6.45) is 0.350. The van der Waals surface area contributed by atoms with Gasteiger partial charge < -0.3 is 10.6 Å². The number of para-hydroxylation sites is 1. The predicted octanol–water partition coefficient (Wildman–Crippen LogP) is 2.93. The van der Waals surface area contributed by atoms with E-state index in [4.69, 9.17) is 0 Å². The number of amidine groups is 1. The van der Waals surface area contributed by atoms with Crippen molar-refractivity contribution in [3.8, 4) is 0 Å². The summed E-state index contributed by atoms with van der Waals surface area (Å²) in [5.41, 5.74) is 2.26. The summed E-state index contributed by atoms with van der Waals surface area (Å²) in [6.45, 7) is 1.94. The van der Waals surface area contributed by atoms with Crippen molar-refractivity contribution >= 4 is 33.1 Å². The lowest BCUT2D eigenvalue weighted by atomic mass is 10.2. The number of fused-ring (bicyclic) bond motifs is 1. The Morgan fingerprint density at radius 2 is 1.96 bits per heavy atom. The van der Waals surface area contributed by atoms with Crippen LogP contribution in [0.25, 0.3) is 0 Å². The lowest BCUT2D eigenvalue weighted by molar-refractivity contribution is -0.116. The Hall–Kier alpha value is -2.67. The monoisotopic (exact) mass is 343 g/mol. The normalized spacial score (nSPS) is 15.0. The van der Waals surface area contributed by atoms with E-state index in [2.05, 4.69) is 15.0 Å². The molecule has 0 saturated carbocycles. The maximum absolute atomic E-state index is 12.1. The molecule has 24 heavy (non-hydrogen) atoms. The molecule has 0 radical (unpaired) electrons. The Balaban J connectivity index is 1.65. The van der Waals surface area contributed by atoms with E-state index in [1.807, 2.05) is 31.2 Å². The molecule has 2 aromatic carbocycles. The summed E-state index contributed by atoms with van der Waals surface area (Å²) in [5, 5.41) is 5.76. The van der Waals surface area contributed by atoms with Gasteiger partial charge in [0.2, 0.25) is 5.91 Å². The standard InChI is InChI=1S/C17H17N3O3S/c1-12-5-4-6-13(11-12)18-17(21)10-9-16-19-14-7-2-3-8-15(14)24(22,23)20-16/h2-8,11H,9-10H2,1H3,(H,18,21)(H,19,20). The number of anilines is 2. The van der Waals surface area contributed by atoms with Crippen LogP contribution < -0.4 is 10.6 Å². The van der Waals surface area contributed by atoms with Gasteiger partial charge in [-0.15, -0.1) is 4.40 Å². The molecule has 0 fully saturated rings. The van der Waals surface area contributed by atoms with Crippen LogP contribution in [0.1, 0.15) is 18.4 Å². The maximum Gasteiger partial charge on any atom is 0.286 e. The first-order chi connectivity index (χ1) is 11.4. The van der Waals surface area contributed by atoms with E-state index in [-0.39, 0.29) is 29.5 Å². The Morgan fingerprint density at radius 3 is 2.75 bits per heavy atom. The molecule has 0 saturated heterocycles. The van der Waals surface area contributed by atoms with E-state index in [0.29, 0.717) is 5.69 Å². The van der Waals surface area contributed by atoms with Crippen LogP contribution >= 0.6 is 0 Å². The molecule has 0 aromatic heterocycles. The summed E-state index contributed by atoms with van der Waals surface area (Å²) in [4.78, 5) is 12.2. The minimum Gasteiger partial charge on any atom is -0.342 e. The maximum atomic E-state index is 12.1.